The van der Waals surface area contributed by atoms with E-state index in [1.807, 2.05) is 4.90 Å². The molecule has 0 radical (unpaired) electrons. The normalized spacial score (nSPS) is 38.6. The Morgan fingerprint density at radius 2 is 2.00 bits per heavy atom. The van der Waals surface area contributed by atoms with E-state index in [1.54, 1.807) is 6.92 Å². The predicted octanol–water partition coefficient (Wildman–Crippen LogP) is 2.73. The number of alkyl halides is 1. The zero-order valence-corrected chi connectivity index (χ0v) is 11.3. The summed E-state index contributed by atoms with van der Waals surface area (Å²) in [6, 6.07) is 0. The van der Waals surface area contributed by atoms with Crippen molar-refractivity contribution in [3.8, 4) is 0 Å². The van der Waals surface area contributed by atoms with Crippen LogP contribution in [0.4, 0.5) is 4.39 Å². The molecule has 0 aromatic carbocycles. The maximum absolute atomic E-state index is 13.2. The minimum Gasteiger partial charge on any atom is -0.342 e. The van der Waals surface area contributed by atoms with Crippen molar-refractivity contribution in [3.63, 3.8) is 0 Å². The van der Waals surface area contributed by atoms with Crippen LogP contribution in [0.3, 0.4) is 0 Å². The van der Waals surface area contributed by atoms with Crippen molar-refractivity contribution in [2.75, 3.05) is 13.1 Å². The molecule has 17 heavy (non-hydrogen) atoms. The van der Waals surface area contributed by atoms with Crippen LogP contribution in [0, 0.1) is 29.6 Å². The molecule has 1 saturated heterocycles. The highest BCUT2D eigenvalue weighted by Crippen LogP contribution is 2.51. The van der Waals surface area contributed by atoms with Crippen LogP contribution in [0.15, 0.2) is 0 Å². The number of likely N-dealkylation sites (tertiary alicyclic amines) is 1. The van der Waals surface area contributed by atoms with Crippen LogP contribution in [0.2, 0.25) is 0 Å². The minimum atomic E-state index is -0.787. The summed E-state index contributed by atoms with van der Waals surface area (Å²) in [6.07, 6.45) is 0.0435. The molecule has 2 fully saturated rings. The summed E-state index contributed by atoms with van der Waals surface area (Å²) in [7, 11) is 0. The van der Waals surface area contributed by atoms with Gasteiger partial charge < -0.3 is 4.90 Å². The molecule has 1 amide bonds. The van der Waals surface area contributed by atoms with Crippen LogP contribution in [0.1, 0.15) is 34.1 Å². The average Bonchev–Trinajstić information content (AvgIpc) is 2.74. The largest absolute Gasteiger partial charge is 0.342 e. The van der Waals surface area contributed by atoms with Crippen molar-refractivity contribution in [1.29, 1.82) is 0 Å². The van der Waals surface area contributed by atoms with Gasteiger partial charge in [0.2, 0.25) is 5.91 Å². The van der Waals surface area contributed by atoms with E-state index in [4.69, 9.17) is 0 Å². The second-order valence-corrected chi connectivity index (χ2v) is 6.22. The number of carbonyl (C=O) groups is 1. The fraction of sp³-hybridized carbons (Fsp3) is 0.929. The van der Waals surface area contributed by atoms with Crippen molar-refractivity contribution in [2.45, 2.75) is 40.3 Å². The van der Waals surface area contributed by atoms with E-state index in [1.165, 1.54) is 0 Å². The predicted molar refractivity (Wildman–Crippen MR) is 66.2 cm³/mol. The molecule has 1 aliphatic carbocycles. The topological polar surface area (TPSA) is 20.3 Å². The SMILES string of the molecule is CC(C)C1C(C)C1C(=O)N1CCC(C(C)F)C1. The van der Waals surface area contributed by atoms with Crippen LogP contribution >= 0.6 is 0 Å². The van der Waals surface area contributed by atoms with Gasteiger partial charge >= 0.3 is 0 Å². The molecule has 1 saturated carbocycles. The number of halogens is 1. The molecule has 0 N–H and O–H groups in total. The maximum atomic E-state index is 13.2. The lowest BCUT2D eigenvalue weighted by atomic mass is 10.0. The third-order valence-electron chi connectivity index (χ3n) is 4.69. The molecular weight excluding hydrogens is 217 g/mol. The zero-order chi connectivity index (χ0) is 12.7. The Balaban J connectivity index is 1.91. The molecule has 2 rings (SSSR count). The molecule has 5 atom stereocenters. The molecular formula is C14H24FNO. The van der Waals surface area contributed by atoms with Gasteiger partial charge in [-0.05, 0) is 31.1 Å². The van der Waals surface area contributed by atoms with Gasteiger partial charge in [0.25, 0.3) is 0 Å². The monoisotopic (exact) mass is 241 g/mol. The Hall–Kier alpha value is -0.600. The van der Waals surface area contributed by atoms with E-state index in [0.29, 0.717) is 24.3 Å². The number of nitrogens with zero attached hydrogens (tertiary/aromatic N) is 1. The van der Waals surface area contributed by atoms with E-state index in [9.17, 15) is 9.18 Å². The number of amides is 1. The van der Waals surface area contributed by atoms with Gasteiger partial charge in [0.1, 0.15) is 6.17 Å². The highest BCUT2D eigenvalue weighted by atomic mass is 19.1. The fourth-order valence-electron chi connectivity index (χ4n) is 3.48. The van der Waals surface area contributed by atoms with Gasteiger partial charge in [-0.15, -0.1) is 0 Å². The van der Waals surface area contributed by atoms with E-state index >= 15 is 0 Å². The Kier molecular flexibility index (Phi) is 3.46. The quantitative estimate of drug-likeness (QED) is 0.744. The Bertz CT molecular complexity index is 303. The summed E-state index contributed by atoms with van der Waals surface area (Å²) in [5.74, 6) is 2.19. The molecule has 0 aromatic heterocycles. The number of carbonyl (C=O) groups excluding carboxylic acids is 1. The maximum Gasteiger partial charge on any atom is 0.226 e. The summed E-state index contributed by atoms with van der Waals surface area (Å²) in [5, 5.41) is 0. The molecule has 0 spiro atoms. The third-order valence-corrected chi connectivity index (χ3v) is 4.69. The van der Waals surface area contributed by atoms with Gasteiger partial charge in [-0.1, -0.05) is 20.8 Å². The van der Waals surface area contributed by atoms with Crippen molar-refractivity contribution < 1.29 is 9.18 Å². The highest BCUT2D eigenvalue weighted by molar-refractivity contribution is 5.82. The summed E-state index contributed by atoms with van der Waals surface area (Å²) in [4.78, 5) is 14.2. The van der Waals surface area contributed by atoms with Gasteiger partial charge in [0.05, 0.1) is 0 Å². The van der Waals surface area contributed by atoms with Gasteiger partial charge in [-0.3, -0.25) is 4.79 Å². The molecule has 98 valence electrons. The molecule has 0 aromatic rings. The molecule has 2 aliphatic rings. The first-order valence-corrected chi connectivity index (χ1v) is 6.86. The van der Waals surface area contributed by atoms with Crippen LogP contribution < -0.4 is 0 Å². The van der Waals surface area contributed by atoms with Gasteiger partial charge in [0, 0.05) is 24.9 Å². The number of hydrogen-bond donors (Lipinski definition) is 0. The first-order valence-electron chi connectivity index (χ1n) is 6.86. The zero-order valence-electron chi connectivity index (χ0n) is 11.3. The minimum absolute atomic E-state index is 0.0607. The lowest BCUT2D eigenvalue weighted by molar-refractivity contribution is -0.132. The second kappa shape index (κ2) is 4.58. The lowest BCUT2D eigenvalue weighted by Gasteiger charge is -2.17. The molecule has 5 unspecified atom stereocenters. The fourth-order valence-corrected chi connectivity index (χ4v) is 3.48. The van der Waals surface area contributed by atoms with Crippen LogP contribution in [0.25, 0.3) is 0 Å². The van der Waals surface area contributed by atoms with E-state index < -0.39 is 6.17 Å². The molecule has 3 heteroatoms. The van der Waals surface area contributed by atoms with Gasteiger partial charge in [-0.25, -0.2) is 4.39 Å². The Morgan fingerprint density at radius 3 is 2.41 bits per heavy atom. The second-order valence-electron chi connectivity index (χ2n) is 6.22. The van der Waals surface area contributed by atoms with E-state index in [0.717, 1.165) is 13.0 Å². The summed E-state index contributed by atoms with van der Waals surface area (Å²) in [5.41, 5.74) is 0. The average molecular weight is 241 g/mol. The van der Waals surface area contributed by atoms with E-state index in [-0.39, 0.29) is 17.7 Å². The standard InChI is InChI=1S/C14H24FNO/c1-8(2)12-9(3)13(12)14(17)16-6-5-11(7-16)10(4)15/h8-13H,5-7H2,1-4H3. The summed E-state index contributed by atoms with van der Waals surface area (Å²) >= 11 is 0. The highest BCUT2D eigenvalue weighted by Gasteiger charge is 2.54. The first kappa shape index (κ1) is 12.8. The van der Waals surface area contributed by atoms with Crippen LogP contribution in [0.5, 0.6) is 0 Å². The van der Waals surface area contributed by atoms with Crippen molar-refractivity contribution >= 4 is 5.91 Å². The van der Waals surface area contributed by atoms with E-state index in [2.05, 4.69) is 20.8 Å². The van der Waals surface area contributed by atoms with Crippen LogP contribution in [-0.2, 0) is 4.79 Å². The molecule has 2 nitrogen and oxygen atoms in total. The van der Waals surface area contributed by atoms with Crippen molar-refractivity contribution in [1.82, 2.24) is 4.90 Å². The van der Waals surface area contributed by atoms with Crippen molar-refractivity contribution in [2.24, 2.45) is 29.6 Å². The van der Waals surface area contributed by atoms with Crippen molar-refractivity contribution in [3.05, 3.63) is 0 Å². The number of hydrogen-bond acceptors (Lipinski definition) is 1. The van der Waals surface area contributed by atoms with Crippen LogP contribution in [-0.4, -0.2) is 30.1 Å². The molecule has 1 aliphatic heterocycles. The van der Waals surface area contributed by atoms with Gasteiger partial charge in [-0.2, -0.15) is 0 Å². The third kappa shape index (κ3) is 2.34. The summed E-state index contributed by atoms with van der Waals surface area (Å²) in [6.45, 7) is 9.53. The first-order chi connectivity index (χ1) is 7.93. The Labute approximate surface area is 104 Å². The lowest BCUT2D eigenvalue weighted by Crippen LogP contribution is -2.32. The Morgan fingerprint density at radius 1 is 1.35 bits per heavy atom. The van der Waals surface area contributed by atoms with Gasteiger partial charge in [0.15, 0.2) is 0 Å². The summed E-state index contributed by atoms with van der Waals surface area (Å²) < 4.78 is 13.2. The number of rotatable bonds is 3. The smallest absolute Gasteiger partial charge is 0.226 e. The molecule has 1 heterocycles. The molecule has 0 bridgehead atoms.